The quantitative estimate of drug-likeness (QED) is 0.647. The van der Waals surface area contributed by atoms with Gasteiger partial charge in [0.05, 0.1) is 5.69 Å². The van der Waals surface area contributed by atoms with Crippen molar-refractivity contribution in [1.82, 2.24) is 9.97 Å². The summed E-state index contributed by atoms with van der Waals surface area (Å²) in [4.78, 5) is 8.81. The Hall–Kier alpha value is -2.16. The fourth-order valence-corrected chi connectivity index (χ4v) is 2.21. The van der Waals surface area contributed by atoms with E-state index in [1.165, 1.54) is 11.1 Å². The van der Waals surface area contributed by atoms with Crippen molar-refractivity contribution in [1.29, 1.82) is 0 Å². The minimum absolute atomic E-state index is 0.648. The molecule has 0 fully saturated rings. The van der Waals surface area contributed by atoms with Crippen LogP contribution in [0.25, 0.3) is 22.5 Å². The first-order valence-electron chi connectivity index (χ1n) is 5.95. The lowest BCUT2D eigenvalue weighted by atomic mass is 10.0. The highest BCUT2D eigenvalue weighted by Gasteiger charge is 2.07. The number of aryl methyl sites for hydroxylation is 3. The third kappa shape index (κ3) is 1.88. The third-order valence-electron chi connectivity index (χ3n) is 2.88. The van der Waals surface area contributed by atoms with Crippen LogP contribution in [0.15, 0.2) is 34.7 Å². The number of aromatic nitrogens is 2. The van der Waals surface area contributed by atoms with Crippen LogP contribution in [0.5, 0.6) is 0 Å². The smallest absolute Gasteiger partial charge is 0.199 e. The maximum absolute atomic E-state index is 5.43. The van der Waals surface area contributed by atoms with Crippen molar-refractivity contribution < 1.29 is 4.42 Å². The van der Waals surface area contributed by atoms with Gasteiger partial charge in [0.15, 0.2) is 17.1 Å². The molecule has 1 aromatic carbocycles. The van der Waals surface area contributed by atoms with E-state index in [4.69, 9.17) is 4.42 Å². The fraction of sp³-hybridized carbons (Fsp3) is 0.200. The molecule has 3 heteroatoms. The molecule has 0 spiro atoms. The van der Waals surface area contributed by atoms with E-state index in [0.717, 1.165) is 16.8 Å². The van der Waals surface area contributed by atoms with Crippen molar-refractivity contribution in [3.05, 3.63) is 47.3 Å². The van der Waals surface area contributed by atoms with Crippen molar-refractivity contribution in [2.24, 2.45) is 0 Å². The van der Waals surface area contributed by atoms with E-state index in [1.807, 2.05) is 19.1 Å². The van der Waals surface area contributed by atoms with E-state index in [1.54, 1.807) is 0 Å². The molecule has 2 aromatic heterocycles. The zero-order valence-corrected chi connectivity index (χ0v) is 10.7. The van der Waals surface area contributed by atoms with Crippen molar-refractivity contribution >= 4 is 11.2 Å². The van der Waals surface area contributed by atoms with Gasteiger partial charge < -0.3 is 4.42 Å². The number of benzene rings is 1. The second-order valence-electron chi connectivity index (χ2n) is 4.63. The summed E-state index contributed by atoms with van der Waals surface area (Å²) in [7, 11) is 0. The van der Waals surface area contributed by atoms with E-state index in [2.05, 4.69) is 42.0 Å². The molecule has 0 unspecified atom stereocenters. The average molecular weight is 238 g/mol. The first-order chi connectivity index (χ1) is 8.61. The number of hydrogen-bond acceptors (Lipinski definition) is 3. The number of fused-ring (bicyclic) bond motifs is 1. The van der Waals surface area contributed by atoms with Crippen LogP contribution in [-0.2, 0) is 0 Å². The van der Waals surface area contributed by atoms with Gasteiger partial charge in [-0.1, -0.05) is 17.2 Å². The highest BCUT2D eigenvalue weighted by Crippen LogP contribution is 2.23. The molecule has 0 aliphatic heterocycles. The Kier molecular flexibility index (Phi) is 2.40. The SMILES string of the molecule is Cc1cc(C)cc(-c2ccc3oc(C)nc3n2)c1. The minimum atomic E-state index is 0.648. The largest absolute Gasteiger partial charge is 0.439 e. The second-order valence-corrected chi connectivity index (χ2v) is 4.63. The number of rotatable bonds is 1. The van der Waals surface area contributed by atoms with Crippen molar-refractivity contribution in [2.45, 2.75) is 20.8 Å². The third-order valence-corrected chi connectivity index (χ3v) is 2.88. The van der Waals surface area contributed by atoms with Gasteiger partial charge in [-0.25, -0.2) is 4.98 Å². The molecule has 0 N–H and O–H groups in total. The van der Waals surface area contributed by atoms with Crippen molar-refractivity contribution in [2.75, 3.05) is 0 Å². The summed E-state index contributed by atoms with van der Waals surface area (Å²) in [5, 5.41) is 0. The molecule has 0 aliphatic carbocycles. The molecule has 3 nitrogen and oxygen atoms in total. The Morgan fingerprint density at radius 2 is 1.61 bits per heavy atom. The van der Waals surface area contributed by atoms with E-state index < -0.39 is 0 Å². The van der Waals surface area contributed by atoms with Gasteiger partial charge in [-0.05, 0) is 38.1 Å². The summed E-state index contributed by atoms with van der Waals surface area (Å²) in [5.74, 6) is 0.648. The monoisotopic (exact) mass is 238 g/mol. The van der Waals surface area contributed by atoms with Crippen LogP contribution in [0.1, 0.15) is 17.0 Å². The van der Waals surface area contributed by atoms with Crippen LogP contribution in [0.2, 0.25) is 0 Å². The van der Waals surface area contributed by atoms with Crippen LogP contribution < -0.4 is 0 Å². The molecule has 90 valence electrons. The van der Waals surface area contributed by atoms with Gasteiger partial charge in [0.1, 0.15) is 0 Å². The van der Waals surface area contributed by atoms with Gasteiger partial charge in [0.25, 0.3) is 0 Å². The Balaban J connectivity index is 2.18. The maximum atomic E-state index is 5.43. The Labute approximate surface area is 105 Å². The molecular weight excluding hydrogens is 224 g/mol. The first-order valence-corrected chi connectivity index (χ1v) is 5.95. The fourth-order valence-electron chi connectivity index (χ4n) is 2.21. The molecule has 0 aliphatic rings. The van der Waals surface area contributed by atoms with Crippen LogP contribution in [-0.4, -0.2) is 9.97 Å². The van der Waals surface area contributed by atoms with E-state index >= 15 is 0 Å². The zero-order valence-electron chi connectivity index (χ0n) is 10.7. The molecule has 0 radical (unpaired) electrons. The number of hydrogen-bond donors (Lipinski definition) is 0. The highest BCUT2D eigenvalue weighted by atomic mass is 16.3. The summed E-state index contributed by atoms with van der Waals surface area (Å²) < 4.78 is 5.43. The second kappa shape index (κ2) is 3.95. The van der Waals surface area contributed by atoms with E-state index in [-0.39, 0.29) is 0 Å². The number of nitrogens with zero attached hydrogens (tertiary/aromatic N) is 2. The lowest BCUT2D eigenvalue weighted by molar-refractivity contribution is 0.561. The topological polar surface area (TPSA) is 38.9 Å². The molecule has 3 rings (SSSR count). The molecule has 0 atom stereocenters. The van der Waals surface area contributed by atoms with Crippen molar-refractivity contribution in [3.8, 4) is 11.3 Å². The Morgan fingerprint density at radius 1 is 0.889 bits per heavy atom. The molecule has 0 saturated heterocycles. The van der Waals surface area contributed by atoms with Gasteiger partial charge in [0, 0.05) is 12.5 Å². The lowest BCUT2D eigenvalue weighted by Crippen LogP contribution is -1.87. The normalized spacial score (nSPS) is 11.1. The van der Waals surface area contributed by atoms with Gasteiger partial charge in [-0.15, -0.1) is 0 Å². The Morgan fingerprint density at radius 3 is 2.33 bits per heavy atom. The van der Waals surface area contributed by atoms with Gasteiger partial charge in [0.2, 0.25) is 0 Å². The summed E-state index contributed by atoms with van der Waals surface area (Å²) in [6.45, 7) is 6.02. The molecule has 3 aromatic rings. The number of oxazole rings is 1. The van der Waals surface area contributed by atoms with E-state index in [0.29, 0.717) is 11.5 Å². The first kappa shape index (κ1) is 11.0. The molecule has 0 bridgehead atoms. The highest BCUT2D eigenvalue weighted by molar-refractivity contribution is 5.73. The summed E-state index contributed by atoms with van der Waals surface area (Å²) in [6, 6.07) is 10.3. The minimum Gasteiger partial charge on any atom is -0.439 e. The molecule has 18 heavy (non-hydrogen) atoms. The molecule has 2 heterocycles. The van der Waals surface area contributed by atoms with Crippen LogP contribution in [0.3, 0.4) is 0 Å². The van der Waals surface area contributed by atoms with Crippen LogP contribution >= 0.6 is 0 Å². The van der Waals surface area contributed by atoms with Gasteiger partial charge in [-0.2, -0.15) is 4.98 Å². The Bertz CT molecular complexity index is 708. The van der Waals surface area contributed by atoms with Gasteiger partial charge in [-0.3, -0.25) is 0 Å². The molecule has 0 saturated carbocycles. The molecule has 0 amide bonds. The summed E-state index contributed by atoms with van der Waals surface area (Å²) in [5.41, 5.74) is 5.94. The maximum Gasteiger partial charge on any atom is 0.199 e. The standard InChI is InChI=1S/C15H14N2O/c1-9-6-10(2)8-12(7-9)13-4-5-14-15(17-13)16-11(3)18-14/h4-8H,1-3H3. The van der Waals surface area contributed by atoms with E-state index in [9.17, 15) is 0 Å². The summed E-state index contributed by atoms with van der Waals surface area (Å²) >= 11 is 0. The average Bonchev–Trinajstić information content (AvgIpc) is 2.66. The van der Waals surface area contributed by atoms with Crippen LogP contribution in [0, 0.1) is 20.8 Å². The number of pyridine rings is 1. The van der Waals surface area contributed by atoms with Crippen LogP contribution in [0.4, 0.5) is 0 Å². The van der Waals surface area contributed by atoms with Gasteiger partial charge >= 0.3 is 0 Å². The summed E-state index contributed by atoms with van der Waals surface area (Å²) in [6.07, 6.45) is 0. The van der Waals surface area contributed by atoms with Crippen molar-refractivity contribution in [3.63, 3.8) is 0 Å². The molecular formula is C15H14N2O. The predicted octanol–water partition coefficient (Wildman–Crippen LogP) is 3.82. The lowest BCUT2D eigenvalue weighted by Gasteiger charge is -2.04. The predicted molar refractivity (Wildman–Crippen MR) is 71.5 cm³/mol. The zero-order chi connectivity index (χ0) is 12.7.